The van der Waals surface area contributed by atoms with Crippen LogP contribution in [-0.2, 0) is 29.0 Å². The number of hydrogen-bond donors (Lipinski definition) is 0. The van der Waals surface area contributed by atoms with Crippen LogP contribution in [0.15, 0.2) is 60.7 Å². The minimum Gasteiger partial charge on any atom is -0.493 e. The Morgan fingerprint density at radius 2 is 1.65 bits per heavy atom. The van der Waals surface area contributed by atoms with Gasteiger partial charge in [-0.1, -0.05) is 24.3 Å². The van der Waals surface area contributed by atoms with Crippen LogP contribution < -0.4 is 14.2 Å². The minimum absolute atomic E-state index is 0.0844. The first kappa shape index (κ1) is 37.3. The third-order valence-corrected chi connectivity index (χ3v) is 10.9. The first-order valence-electron chi connectivity index (χ1n) is 18.3. The van der Waals surface area contributed by atoms with E-state index in [1.807, 2.05) is 52.8 Å². The molecule has 278 valence electrons. The Kier molecular flexibility index (Phi) is 11.8. The first-order valence-corrected chi connectivity index (χ1v) is 18.3. The van der Waals surface area contributed by atoms with Crippen molar-refractivity contribution in [1.29, 1.82) is 0 Å². The van der Waals surface area contributed by atoms with E-state index < -0.39 is 5.41 Å². The third kappa shape index (κ3) is 7.80. The number of benzene rings is 3. The van der Waals surface area contributed by atoms with Gasteiger partial charge in [0, 0.05) is 38.2 Å². The standard InChI is InChI=1S/C41H51FN4O6/c1-6-52-22-21-46-34-10-8-7-9-33(34)43-39(46)37(47)31-15-18-44(19-16-31)28(2)25-41(26-29-11-13-32(42)14-12-29)17-20-45(40(41)48)27-30-23-35(49-3)38(51-5)36(24-30)50-4/h7-14,23-24,28,31H,6,15-22,25-27H2,1-5H3. The Morgan fingerprint density at radius 3 is 2.31 bits per heavy atom. The van der Waals surface area contributed by atoms with E-state index in [4.69, 9.17) is 23.9 Å². The van der Waals surface area contributed by atoms with Gasteiger partial charge in [0.2, 0.25) is 17.4 Å². The number of fused-ring (bicyclic) bond motifs is 1. The fourth-order valence-corrected chi connectivity index (χ4v) is 8.18. The third-order valence-electron chi connectivity index (χ3n) is 10.9. The summed E-state index contributed by atoms with van der Waals surface area (Å²) in [5.74, 6) is 1.85. The van der Waals surface area contributed by atoms with Crippen molar-refractivity contribution in [1.82, 2.24) is 19.4 Å². The van der Waals surface area contributed by atoms with Gasteiger partial charge in [-0.25, -0.2) is 9.37 Å². The molecule has 11 heteroatoms. The van der Waals surface area contributed by atoms with Crippen LogP contribution in [0.25, 0.3) is 11.0 Å². The van der Waals surface area contributed by atoms with Crippen LogP contribution in [0.3, 0.4) is 0 Å². The molecule has 2 aliphatic rings. The number of para-hydroxylation sites is 2. The summed E-state index contributed by atoms with van der Waals surface area (Å²) < 4.78 is 38.2. The van der Waals surface area contributed by atoms with Crippen LogP contribution in [-0.4, -0.2) is 91.3 Å². The van der Waals surface area contributed by atoms with E-state index in [0.717, 1.165) is 48.1 Å². The molecule has 0 radical (unpaired) electrons. The molecule has 0 bridgehead atoms. The largest absolute Gasteiger partial charge is 0.493 e. The number of nitrogens with zero attached hydrogens (tertiary/aromatic N) is 4. The van der Waals surface area contributed by atoms with E-state index in [9.17, 15) is 14.0 Å². The first-order chi connectivity index (χ1) is 25.2. The van der Waals surface area contributed by atoms with E-state index in [1.54, 1.807) is 33.5 Å². The quantitative estimate of drug-likeness (QED) is 0.0951. The smallest absolute Gasteiger partial charge is 0.229 e. The molecule has 0 saturated carbocycles. The average molecular weight is 715 g/mol. The topological polar surface area (TPSA) is 95.4 Å². The molecule has 2 saturated heterocycles. The number of piperidine rings is 1. The van der Waals surface area contributed by atoms with E-state index in [1.165, 1.54) is 12.1 Å². The Labute approximate surface area is 305 Å². The van der Waals surface area contributed by atoms with Gasteiger partial charge in [-0.15, -0.1) is 0 Å². The van der Waals surface area contributed by atoms with E-state index >= 15 is 0 Å². The number of likely N-dealkylation sites (tertiary alicyclic amines) is 2. The zero-order chi connectivity index (χ0) is 36.8. The van der Waals surface area contributed by atoms with Crippen LogP contribution >= 0.6 is 0 Å². The van der Waals surface area contributed by atoms with Gasteiger partial charge in [-0.05, 0) is 107 Å². The highest BCUT2D eigenvalue weighted by molar-refractivity contribution is 5.98. The number of aromatic nitrogens is 2. The molecule has 1 aromatic heterocycles. The van der Waals surface area contributed by atoms with Crippen LogP contribution in [0.1, 0.15) is 61.3 Å². The number of ketones is 1. The number of rotatable bonds is 16. The van der Waals surface area contributed by atoms with Gasteiger partial charge in [-0.2, -0.15) is 0 Å². The lowest BCUT2D eigenvalue weighted by atomic mass is 9.74. The van der Waals surface area contributed by atoms with Gasteiger partial charge < -0.3 is 33.3 Å². The summed E-state index contributed by atoms with van der Waals surface area (Å²) in [6.07, 6.45) is 3.31. The second-order valence-corrected chi connectivity index (χ2v) is 14.1. The highest BCUT2D eigenvalue weighted by Gasteiger charge is 2.48. The van der Waals surface area contributed by atoms with Gasteiger partial charge in [0.15, 0.2) is 17.3 Å². The molecule has 4 aromatic rings. The van der Waals surface area contributed by atoms with Crippen molar-refractivity contribution < 1.29 is 32.9 Å². The second kappa shape index (κ2) is 16.5. The maximum absolute atomic E-state index is 14.5. The number of Topliss-reactive ketones (excluding diaryl/α,β-unsaturated/α-hetero) is 1. The summed E-state index contributed by atoms with van der Waals surface area (Å²) in [6, 6.07) is 18.2. The molecule has 52 heavy (non-hydrogen) atoms. The molecule has 2 atom stereocenters. The monoisotopic (exact) mass is 714 g/mol. The number of amides is 1. The fourth-order valence-electron chi connectivity index (χ4n) is 8.18. The van der Waals surface area contributed by atoms with Gasteiger partial charge in [0.1, 0.15) is 5.82 Å². The molecule has 0 spiro atoms. The number of carbonyl (C=O) groups excluding carboxylic acids is 2. The molecular formula is C41H51FN4O6. The number of ether oxygens (including phenoxy) is 4. The number of hydrogen-bond acceptors (Lipinski definition) is 8. The highest BCUT2D eigenvalue weighted by Crippen LogP contribution is 2.43. The molecule has 2 fully saturated rings. The van der Waals surface area contributed by atoms with Crippen molar-refractivity contribution in [2.45, 2.75) is 65.1 Å². The van der Waals surface area contributed by atoms with E-state index in [-0.39, 0.29) is 29.5 Å². The lowest BCUT2D eigenvalue weighted by molar-refractivity contribution is -0.137. The summed E-state index contributed by atoms with van der Waals surface area (Å²) in [6.45, 7) is 8.39. The maximum atomic E-state index is 14.5. The maximum Gasteiger partial charge on any atom is 0.229 e. The van der Waals surface area contributed by atoms with Crippen molar-refractivity contribution in [2.24, 2.45) is 11.3 Å². The van der Waals surface area contributed by atoms with Crippen LogP contribution in [0, 0.1) is 17.2 Å². The van der Waals surface area contributed by atoms with Gasteiger partial charge in [0.05, 0.1) is 44.4 Å². The lowest BCUT2D eigenvalue weighted by Crippen LogP contribution is -2.46. The van der Waals surface area contributed by atoms with Gasteiger partial charge in [0.25, 0.3) is 0 Å². The highest BCUT2D eigenvalue weighted by atomic mass is 19.1. The molecule has 1 amide bonds. The number of imidazole rings is 1. The predicted octanol–water partition coefficient (Wildman–Crippen LogP) is 6.57. The van der Waals surface area contributed by atoms with Crippen molar-refractivity contribution in [3.05, 3.63) is 83.4 Å². The molecule has 3 aromatic carbocycles. The molecular weight excluding hydrogens is 663 g/mol. The number of methoxy groups -OCH3 is 3. The summed E-state index contributed by atoms with van der Waals surface area (Å²) in [5, 5.41) is 0. The van der Waals surface area contributed by atoms with Crippen molar-refractivity contribution in [3.63, 3.8) is 0 Å². The summed E-state index contributed by atoms with van der Waals surface area (Å²) in [7, 11) is 4.73. The summed E-state index contributed by atoms with van der Waals surface area (Å²) in [4.78, 5) is 37.6. The zero-order valence-corrected chi connectivity index (χ0v) is 31.0. The number of carbonyl (C=O) groups is 2. The molecule has 2 unspecified atom stereocenters. The van der Waals surface area contributed by atoms with Crippen molar-refractivity contribution in [2.75, 3.05) is 54.2 Å². The minimum atomic E-state index is -0.657. The molecule has 0 N–H and O–H groups in total. The SMILES string of the molecule is CCOCCn1c(C(=O)C2CCN(C(C)CC3(Cc4ccc(F)cc4)CCN(Cc4cc(OC)c(OC)c(OC)c4)C3=O)CC2)nc2ccccc21. The van der Waals surface area contributed by atoms with Crippen LogP contribution in [0.5, 0.6) is 17.2 Å². The molecule has 0 aliphatic carbocycles. The zero-order valence-electron chi connectivity index (χ0n) is 31.0. The molecule has 10 nitrogen and oxygen atoms in total. The predicted molar refractivity (Wildman–Crippen MR) is 198 cm³/mol. The van der Waals surface area contributed by atoms with E-state index in [0.29, 0.717) is 75.2 Å². The Morgan fingerprint density at radius 1 is 0.962 bits per heavy atom. The molecule has 3 heterocycles. The lowest BCUT2D eigenvalue weighted by Gasteiger charge is -2.39. The van der Waals surface area contributed by atoms with Crippen molar-refractivity contribution in [3.8, 4) is 17.2 Å². The van der Waals surface area contributed by atoms with Crippen LogP contribution in [0.4, 0.5) is 4.39 Å². The average Bonchev–Trinajstić information content (AvgIpc) is 3.68. The van der Waals surface area contributed by atoms with Gasteiger partial charge >= 0.3 is 0 Å². The second-order valence-electron chi connectivity index (χ2n) is 14.1. The Balaban J connectivity index is 1.17. The normalized spacial score (nSPS) is 19.0. The molecule has 2 aliphatic heterocycles. The van der Waals surface area contributed by atoms with E-state index in [2.05, 4.69) is 11.8 Å². The Hall–Kier alpha value is -4.48. The summed E-state index contributed by atoms with van der Waals surface area (Å²) in [5.41, 5.74) is 2.93. The van der Waals surface area contributed by atoms with Crippen molar-refractivity contribution >= 4 is 22.7 Å². The number of halogens is 1. The van der Waals surface area contributed by atoms with Crippen LogP contribution in [0.2, 0.25) is 0 Å². The molecule has 6 rings (SSSR count). The fraction of sp³-hybridized carbons (Fsp3) is 0.488. The van der Waals surface area contributed by atoms with Gasteiger partial charge in [-0.3, -0.25) is 9.59 Å². The Bertz CT molecular complexity index is 1830. The summed E-state index contributed by atoms with van der Waals surface area (Å²) >= 11 is 0.